The first-order valence-electron chi connectivity index (χ1n) is 7.03. The Labute approximate surface area is 111 Å². The van der Waals surface area contributed by atoms with Gasteiger partial charge in [-0.05, 0) is 39.3 Å². The summed E-state index contributed by atoms with van der Waals surface area (Å²) >= 11 is 0. The van der Waals surface area contributed by atoms with Gasteiger partial charge >= 0.3 is 0 Å². The van der Waals surface area contributed by atoms with Crippen LogP contribution < -0.4 is 0 Å². The molecule has 1 aromatic carbocycles. The van der Waals surface area contributed by atoms with Crippen molar-refractivity contribution in [1.82, 2.24) is 4.90 Å². The zero-order chi connectivity index (χ0) is 13.1. The van der Waals surface area contributed by atoms with Gasteiger partial charge in [0.1, 0.15) is 0 Å². The maximum absolute atomic E-state index is 10.4. The lowest BCUT2D eigenvalue weighted by molar-refractivity contribution is 0.105. The summed E-state index contributed by atoms with van der Waals surface area (Å²) in [6.07, 6.45) is 4.89. The summed E-state index contributed by atoms with van der Waals surface area (Å²) < 4.78 is 0. The summed E-state index contributed by atoms with van der Waals surface area (Å²) in [6, 6.07) is 7.02. The van der Waals surface area contributed by atoms with Crippen LogP contribution in [0.5, 0.6) is 0 Å². The topological polar surface area (TPSA) is 23.5 Å². The Morgan fingerprint density at radius 1 is 1.17 bits per heavy atom. The van der Waals surface area contributed by atoms with E-state index in [-0.39, 0.29) is 6.10 Å². The second-order valence-corrected chi connectivity index (χ2v) is 5.81. The molecule has 0 radical (unpaired) electrons. The molecule has 2 rings (SSSR count). The molecule has 0 heterocycles. The van der Waals surface area contributed by atoms with Crippen LogP contribution in [0, 0.1) is 13.8 Å². The molecular formula is C16H25NO. The molecule has 2 nitrogen and oxygen atoms in total. The number of benzene rings is 1. The number of aliphatic hydroxyl groups is 1. The molecule has 1 aliphatic rings. The number of aryl methyl sites for hydroxylation is 2. The maximum Gasteiger partial charge on any atom is 0.0917 e. The lowest BCUT2D eigenvalue weighted by Gasteiger charge is -2.26. The van der Waals surface area contributed by atoms with Gasteiger partial charge in [-0.25, -0.2) is 0 Å². The van der Waals surface area contributed by atoms with Crippen molar-refractivity contribution in [2.24, 2.45) is 0 Å². The van der Waals surface area contributed by atoms with Crippen molar-refractivity contribution < 1.29 is 5.11 Å². The zero-order valence-corrected chi connectivity index (χ0v) is 11.8. The number of nitrogens with zero attached hydrogens (tertiary/aromatic N) is 1. The van der Waals surface area contributed by atoms with Crippen LogP contribution in [0.1, 0.15) is 48.5 Å². The fraction of sp³-hybridized carbons (Fsp3) is 0.625. The summed E-state index contributed by atoms with van der Waals surface area (Å²) in [5, 5.41) is 10.4. The molecule has 1 fully saturated rings. The van der Waals surface area contributed by atoms with E-state index in [0.717, 1.165) is 12.1 Å². The van der Waals surface area contributed by atoms with Gasteiger partial charge in [0, 0.05) is 12.6 Å². The molecule has 0 bridgehead atoms. The lowest BCUT2D eigenvalue weighted by Crippen LogP contribution is -2.33. The van der Waals surface area contributed by atoms with Crippen LogP contribution in [0.25, 0.3) is 0 Å². The summed E-state index contributed by atoms with van der Waals surface area (Å²) in [5.41, 5.74) is 3.51. The quantitative estimate of drug-likeness (QED) is 0.883. The molecule has 0 saturated heterocycles. The normalized spacial score (nSPS) is 18.5. The fourth-order valence-electron chi connectivity index (χ4n) is 3.07. The van der Waals surface area contributed by atoms with Crippen LogP contribution in [0.4, 0.5) is 0 Å². The molecule has 2 heteroatoms. The van der Waals surface area contributed by atoms with Crippen LogP contribution in [0.2, 0.25) is 0 Å². The number of hydrogen-bond acceptors (Lipinski definition) is 2. The minimum Gasteiger partial charge on any atom is -0.387 e. The average molecular weight is 247 g/mol. The summed E-state index contributed by atoms with van der Waals surface area (Å²) in [5.74, 6) is 0. The summed E-state index contributed by atoms with van der Waals surface area (Å²) in [6.45, 7) is 4.92. The molecule has 1 aliphatic carbocycles. The van der Waals surface area contributed by atoms with Gasteiger partial charge < -0.3 is 10.0 Å². The van der Waals surface area contributed by atoms with Crippen molar-refractivity contribution in [3.05, 3.63) is 34.9 Å². The predicted octanol–water partition coefficient (Wildman–Crippen LogP) is 3.21. The summed E-state index contributed by atoms with van der Waals surface area (Å²) in [7, 11) is 2.14. The average Bonchev–Trinajstić information content (AvgIpc) is 2.80. The first kappa shape index (κ1) is 13.6. The highest BCUT2D eigenvalue weighted by molar-refractivity contribution is 5.30. The maximum atomic E-state index is 10.4. The highest BCUT2D eigenvalue weighted by Gasteiger charge is 2.21. The van der Waals surface area contributed by atoms with Gasteiger partial charge in [-0.15, -0.1) is 0 Å². The van der Waals surface area contributed by atoms with E-state index in [1.807, 2.05) is 0 Å². The highest BCUT2D eigenvalue weighted by atomic mass is 16.3. The Bertz CT molecular complexity index is 376. The third kappa shape index (κ3) is 3.33. The van der Waals surface area contributed by atoms with Crippen LogP contribution in [-0.4, -0.2) is 29.6 Å². The van der Waals surface area contributed by atoms with E-state index >= 15 is 0 Å². The molecular weight excluding hydrogens is 222 g/mol. The Kier molecular flexibility index (Phi) is 4.41. The molecule has 0 aromatic heterocycles. The molecule has 1 saturated carbocycles. The van der Waals surface area contributed by atoms with Crippen molar-refractivity contribution in [2.75, 3.05) is 13.6 Å². The Morgan fingerprint density at radius 3 is 2.28 bits per heavy atom. The molecule has 1 N–H and O–H groups in total. The number of rotatable bonds is 4. The Hall–Kier alpha value is -0.860. The molecule has 0 spiro atoms. The largest absolute Gasteiger partial charge is 0.387 e. The van der Waals surface area contributed by atoms with Crippen LogP contribution in [-0.2, 0) is 0 Å². The van der Waals surface area contributed by atoms with E-state index < -0.39 is 0 Å². The van der Waals surface area contributed by atoms with Crippen molar-refractivity contribution >= 4 is 0 Å². The Balaban J connectivity index is 1.99. The van der Waals surface area contributed by atoms with E-state index in [1.165, 1.54) is 36.8 Å². The van der Waals surface area contributed by atoms with Gasteiger partial charge in [0.25, 0.3) is 0 Å². The van der Waals surface area contributed by atoms with Crippen LogP contribution in [0.15, 0.2) is 18.2 Å². The van der Waals surface area contributed by atoms with Gasteiger partial charge in [-0.3, -0.25) is 0 Å². The molecule has 1 aromatic rings. The van der Waals surface area contributed by atoms with Gasteiger partial charge in [0.15, 0.2) is 0 Å². The number of hydrogen-bond donors (Lipinski definition) is 1. The van der Waals surface area contributed by atoms with Gasteiger partial charge in [0.2, 0.25) is 0 Å². The predicted molar refractivity (Wildman–Crippen MR) is 75.8 cm³/mol. The van der Waals surface area contributed by atoms with E-state index in [2.05, 4.69) is 44.0 Å². The third-order valence-corrected chi connectivity index (χ3v) is 4.04. The molecule has 18 heavy (non-hydrogen) atoms. The molecule has 0 amide bonds. The first-order valence-corrected chi connectivity index (χ1v) is 7.03. The van der Waals surface area contributed by atoms with Gasteiger partial charge in [-0.2, -0.15) is 0 Å². The van der Waals surface area contributed by atoms with E-state index in [1.54, 1.807) is 0 Å². The smallest absolute Gasteiger partial charge is 0.0917 e. The minimum atomic E-state index is -0.366. The molecule has 100 valence electrons. The van der Waals surface area contributed by atoms with Crippen LogP contribution >= 0.6 is 0 Å². The number of likely N-dealkylation sites (N-methyl/N-ethyl adjacent to an activating group) is 1. The van der Waals surface area contributed by atoms with Crippen molar-refractivity contribution in [3.8, 4) is 0 Å². The third-order valence-electron chi connectivity index (χ3n) is 4.04. The standard InChI is InChI=1S/C16H25NO/c1-12-8-13(2)10-14(9-12)16(18)11-17(3)15-6-4-5-7-15/h8-10,15-16,18H,4-7,11H2,1-3H3. The van der Waals surface area contributed by atoms with Crippen molar-refractivity contribution in [3.63, 3.8) is 0 Å². The van der Waals surface area contributed by atoms with Crippen LogP contribution in [0.3, 0.4) is 0 Å². The van der Waals surface area contributed by atoms with Gasteiger partial charge in [-0.1, -0.05) is 42.2 Å². The SMILES string of the molecule is Cc1cc(C)cc(C(O)CN(C)C2CCCC2)c1. The second kappa shape index (κ2) is 5.85. The second-order valence-electron chi connectivity index (χ2n) is 5.81. The minimum absolute atomic E-state index is 0.366. The first-order chi connectivity index (χ1) is 8.56. The van der Waals surface area contributed by atoms with E-state index in [9.17, 15) is 5.11 Å². The van der Waals surface area contributed by atoms with E-state index in [0.29, 0.717) is 6.04 Å². The van der Waals surface area contributed by atoms with Crippen molar-refractivity contribution in [1.29, 1.82) is 0 Å². The van der Waals surface area contributed by atoms with Crippen molar-refractivity contribution in [2.45, 2.75) is 51.7 Å². The fourth-order valence-corrected chi connectivity index (χ4v) is 3.07. The molecule has 1 atom stereocenters. The van der Waals surface area contributed by atoms with E-state index in [4.69, 9.17) is 0 Å². The Morgan fingerprint density at radius 2 is 1.72 bits per heavy atom. The summed E-state index contributed by atoms with van der Waals surface area (Å²) in [4.78, 5) is 2.33. The monoisotopic (exact) mass is 247 g/mol. The lowest BCUT2D eigenvalue weighted by atomic mass is 10.0. The zero-order valence-electron chi connectivity index (χ0n) is 11.8. The number of aliphatic hydroxyl groups excluding tert-OH is 1. The molecule has 1 unspecified atom stereocenters. The van der Waals surface area contributed by atoms with Gasteiger partial charge in [0.05, 0.1) is 6.10 Å². The molecule has 0 aliphatic heterocycles. The highest BCUT2D eigenvalue weighted by Crippen LogP contribution is 2.25.